The number of halogens is 1. The van der Waals surface area contributed by atoms with Gasteiger partial charge in [-0.05, 0) is 61.3 Å². The molecule has 0 radical (unpaired) electrons. The van der Waals surface area contributed by atoms with E-state index in [1.165, 1.54) is 0 Å². The summed E-state index contributed by atoms with van der Waals surface area (Å²) in [6, 6.07) is 0. The van der Waals surface area contributed by atoms with Crippen molar-refractivity contribution in [2.24, 2.45) is 51.8 Å². The summed E-state index contributed by atoms with van der Waals surface area (Å²) in [7, 11) is 0. The van der Waals surface area contributed by atoms with Gasteiger partial charge in [-0.25, -0.2) is 0 Å². The second-order valence-corrected chi connectivity index (χ2v) is 13.5. The molecule has 12 atom stereocenters. The lowest BCUT2D eigenvalue weighted by Crippen LogP contribution is -2.63. The summed E-state index contributed by atoms with van der Waals surface area (Å²) in [5, 5.41) is 11.1. The first-order valence-corrected chi connectivity index (χ1v) is 14.1. The molecule has 6 rings (SSSR count). The van der Waals surface area contributed by atoms with Crippen molar-refractivity contribution in [3.05, 3.63) is 23.8 Å². The van der Waals surface area contributed by atoms with E-state index in [9.17, 15) is 14.7 Å². The Morgan fingerprint density at radius 2 is 2.08 bits per heavy atom. The summed E-state index contributed by atoms with van der Waals surface area (Å²) in [5.41, 5.74) is -0.946. The number of aldehydes is 1. The molecule has 7 heteroatoms. The average molecular weight is 519 g/mol. The molecule has 6 nitrogen and oxygen atoms in total. The Bertz CT molecular complexity index is 1020. The fourth-order valence-electron chi connectivity index (χ4n) is 9.92. The maximum Gasteiger partial charge on any atom is 0.315 e. The van der Waals surface area contributed by atoms with Gasteiger partial charge in [-0.1, -0.05) is 39.0 Å². The largest absolute Gasteiger partial charge is 0.481 e. The Morgan fingerprint density at radius 1 is 1.33 bits per heavy atom. The molecular formula is C29H39ClO6. The molecule has 1 N–H and O–H groups in total. The van der Waals surface area contributed by atoms with Gasteiger partial charge >= 0.3 is 5.97 Å². The van der Waals surface area contributed by atoms with Gasteiger partial charge in [0.25, 0.3) is 0 Å². The van der Waals surface area contributed by atoms with Crippen LogP contribution < -0.4 is 0 Å². The number of carbonyl (C=O) groups excluding carboxylic acids is 1. The topological polar surface area (TPSA) is 82.1 Å². The highest BCUT2D eigenvalue weighted by Gasteiger charge is 2.84. The lowest BCUT2D eigenvalue weighted by Gasteiger charge is -2.58. The van der Waals surface area contributed by atoms with Gasteiger partial charge in [0, 0.05) is 23.1 Å². The van der Waals surface area contributed by atoms with E-state index in [1.54, 1.807) is 0 Å². The molecule has 0 aromatic rings. The molecule has 0 aromatic carbocycles. The van der Waals surface area contributed by atoms with Crippen molar-refractivity contribution in [3.63, 3.8) is 0 Å². The minimum absolute atomic E-state index is 0.00380. The second-order valence-electron chi connectivity index (χ2n) is 12.9. The molecule has 5 fully saturated rings. The zero-order valence-corrected chi connectivity index (χ0v) is 22.5. The quantitative estimate of drug-likeness (QED) is 0.307. The molecule has 0 spiro atoms. The van der Waals surface area contributed by atoms with Crippen LogP contribution >= 0.6 is 11.6 Å². The molecule has 0 unspecified atom stereocenters. The number of carboxylic acid groups (broad SMARTS) is 1. The molecule has 2 saturated heterocycles. The predicted molar refractivity (Wildman–Crippen MR) is 134 cm³/mol. The van der Waals surface area contributed by atoms with E-state index in [2.05, 4.69) is 33.4 Å². The van der Waals surface area contributed by atoms with Gasteiger partial charge in [0.2, 0.25) is 0 Å². The Labute approximate surface area is 218 Å². The molecule has 0 amide bonds. The van der Waals surface area contributed by atoms with Crippen LogP contribution in [0.25, 0.3) is 0 Å². The van der Waals surface area contributed by atoms with Crippen LogP contribution in [0.15, 0.2) is 23.8 Å². The van der Waals surface area contributed by atoms with E-state index in [0.29, 0.717) is 32.3 Å². The number of hydrogen-bond acceptors (Lipinski definition) is 5. The maximum atomic E-state index is 13.6. The summed E-state index contributed by atoms with van der Waals surface area (Å²) in [4.78, 5) is 26.8. The summed E-state index contributed by atoms with van der Waals surface area (Å²) >= 11 is 6.80. The Hall–Kier alpha value is -1.21. The van der Waals surface area contributed by atoms with Gasteiger partial charge in [0.05, 0.1) is 30.8 Å². The number of hydrogen-bond donors (Lipinski definition) is 1. The van der Waals surface area contributed by atoms with Gasteiger partial charge in [0.1, 0.15) is 11.7 Å². The number of rotatable bonds is 6. The van der Waals surface area contributed by atoms with Crippen molar-refractivity contribution >= 4 is 23.9 Å². The van der Waals surface area contributed by atoms with Gasteiger partial charge in [-0.3, -0.25) is 4.79 Å². The molecule has 4 bridgehead atoms. The first-order valence-electron chi connectivity index (χ1n) is 13.7. The molecule has 6 aliphatic rings. The number of carboxylic acids is 1. The summed E-state index contributed by atoms with van der Waals surface area (Å²) in [6.07, 6.45) is 5.27. The number of aliphatic carboxylic acids is 1. The third-order valence-electron chi connectivity index (χ3n) is 11.4. The van der Waals surface area contributed by atoms with E-state index in [-0.39, 0.29) is 59.7 Å². The lowest BCUT2D eigenvalue weighted by molar-refractivity contribution is -0.248. The van der Waals surface area contributed by atoms with Crippen LogP contribution in [0.1, 0.15) is 53.4 Å². The third kappa shape index (κ3) is 2.80. The fourth-order valence-corrected chi connectivity index (χ4v) is 10.3. The molecule has 2 aliphatic heterocycles. The van der Waals surface area contributed by atoms with Crippen molar-refractivity contribution in [2.75, 3.05) is 13.2 Å². The number of ether oxygens (including phenoxy) is 3. The molecule has 4 aliphatic carbocycles. The number of alkyl halides is 1. The van der Waals surface area contributed by atoms with Crippen LogP contribution in [0.3, 0.4) is 0 Å². The van der Waals surface area contributed by atoms with E-state index in [0.717, 1.165) is 17.4 Å². The molecule has 2 heterocycles. The van der Waals surface area contributed by atoms with Crippen LogP contribution in [0.4, 0.5) is 0 Å². The Kier molecular flexibility index (Phi) is 5.68. The highest BCUT2D eigenvalue weighted by atomic mass is 35.5. The summed E-state index contributed by atoms with van der Waals surface area (Å²) < 4.78 is 18.7. The number of fused-ring (bicyclic) bond motifs is 3. The van der Waals surface area contributed by atoms with E-state index in [1.807, 2.05) is 6.92 Å². The fraction of sp³-hybridized carbons (Fsp3) is 0.793. The summed E-state index contributed by atoms with van der Waals surface area (Å²) in [5.74, 6) is -0.262. The predicted octanol–water partition coefficient (Wildman–Crippen LogP) is 4.85. The van der Waals surface area contributed by atoms with Crippen molar-refractivity contribution in [2.45, 2.75) is 77.3 Å². The SMILES string of the molecule is C=C1CO[C@@H]2[C@@H](C)O[C@@H](OC[C@@]34C[C@@H]5[C@H](C)[C@H](Cl)C[C@H]5[C@@]5(C=O)C[C@@H]3C=C(C(C)C)[C@@]45C(=O)O)C[C@@H]12. The minimum atomic E-state index is -1.27. The van der Waals surface area contributed by atoms with Crippen molar-refractivity contribution in [1.82, 2.24) is 0 Å². The van der Waals surface area contributed by atoms with Crippen molar-refractivity contribution in [3.8, 4) is 0 Å². The first kappa shape index (κ1) is 25.1. The zero-order valence-electron chi connectivity index (χ0n) is 21.7. The normalized spacial score (nSPS) is 52.9. The van der Waals surface area contributed by atoms with Crippen LogP contribution in [-0.2, 0) is 23.8 Å². The first-order chi connectivity index (χ1) is 17.0. The average Bonchev–Trinajstić information content (AvgIpc) is 3.49. The van der Waals surface area contributed by atoms with Crippen LogP contribution in [0, 0.1) is 51.8 Å². The lowest BCUT2D eigenvalue weighted by atomic mass is 9.43. The number of carbonyl (C=O) groups is 2. The van der Waals surface area contributed by atoms with E-state index >= 15 is 0 Å². The van der Waals surface area contributed by atoms with Crippen LogP contribution in [0.5, 0.6) is 0 Å². The minimum Gasteiger partial charge on any atom is -0.481 e. The van der Waals surface area contributed by atoms with Gasteiger partial charge in [-0.15, -0.1) is 11.6 Å². The molecule has 36 heavy (non-hydrogen) atoms. The van der Waals surface area contributed by atoms with Gasteiger partial charge in [0.15, 0.2) is 6.29 Å². The Balaban J connectivity index is 1.40. The van der Waals surface area contributed by atoms with E-state index in [4.69, 9.17) is 25.8 Å². The standard InChI is InChI=1S/C29H39ClO6/c1-14(2)21-6-18-9-27(12-31)22-8-23(30)16(4)20(22)10-28(18,29(21,27)26(32)33)13-35-24-7-19-15(3)11-34-25(19)17(5)36-24/h6,12,14,16-20,22-25H,3,7-11,13H2,1-2,4-5H3,(H,32,33)/t16-,17+,18-,19-,20+,22+,23+,24+,25+,27-,28-,29-/m0/s1. The third-order valence-corrected chi connectivity index (χ3v) is 11.9. The molecule has 3 saturated carbocycles. The summed E-state index contributed by atoms with van der Waals surface area (Å²) in [6.45, 7) is 13.3. The number of allylic oxidation sites excluding steroid dienone is 1. The molecular weight excluding hydrogens is 480 g/mol. The highest BCUT2D eigenvalue weighted by Crippen LogP contribution is 2.82. The monoisotopic (exact) mass is 518 g/mol. The maximum absolute atomic E-state index is 13.6. The van der Waals surface area contributed by atoms with Gasteiger partial charge in [-0.2, -0.15) is 0 Å². The molecule has 0 aromatic heterocycles. The highest BCUT2D eigenvalue weighted by molar-refractivity contribution is 6.21. The van der Waals surface area contributed by atoms with Crippen molar-refractivity contribution < 1.29 is 28.9 Å². The van der Waals surface area contributed by atoms with Crippen LogP contribution in [0.2, 0.25) is 0 Å². The van der Waals surface area contributed by atoms with Crippen molar-refractivity contribution in [1.29, 1.82) is 0 Å². The smallest absolute Gasteiger partial charge is 0.315 e. The zero-order chi connectivity index (χ0) is 25.8. The molecule has 198 valence electrons. The second kappa shape index (κ2) is 8.14. The van der Waals surface area contributed by atoms with E-state index < -0.39 is 28.5 Å². The van der Waals surface area contributed by atoms with Gasteiger partial charge < -0.3 is 24.1 Å². The Morgan fingerprint density at radius 3 is 2.75 bits per heavy atom. The van der Waals surface area contributed by atoms with Crippen LogP contribution in [-0.4, -0.2) is 54.5 Å².